The first-order chi connectivity index (χ1) is 17.2. The molecule has 36 heavy (non-hydrogen) atoms. The lowest BCUT2D eigenvalue weighted by molar-refractivity contribution is -0.144. The number of aromatic nitrogens is 2. The largest absolute Gasteiger partial charge is 0.466 e. The van der Waals surface area contributed by atoms with Crippen molar-refractivity contribution in [1.82, 2.24) is 9.97 Å². The SMILES string of the molecule is CCOC(=O)CC1CCN(c2ccc(CC(=O)c3oc(N4CCCCC4)nc3C(F)(F)F)cn2)CC1. The number of ketones is 1. The molecule has 2 aromatic rings. The number of hydrogen-bond donors (Lipinski definition) is 0. The fraction of sp³-hybridized carbons (Fsp3) is 0.600. The second-order valence-electron chi connectivity index (χ2n) is 9.28. The standard InChI is InChI=1S/C25H31F3N4O4/c1-2-35-21(34)15-17-8-12-31(13-9-17)20-7-6-18(16-29-20)14-19(33)22-23(25(26,27)28)30-24(36-22)32-10-4-3-5-11-32/h6-7,16-17H,2-5,8-15H2,1H3. The predicted molar refractivity (Wildman–Crippen MR) is 126 cm³/mol. The molecule has 2 saturated heterocycles. The minimum Gasteiger partial charge on any atom is -0.466 e. The van der Waals surface area contributed by atoms with Crippen molar-refractivity contribution in [2.75, 3.05) is 42.6 Å². The van der Waals surface area contributed by atoms with E-state index in [2.05, 4.69) is 14.9 Å². The first kappa shape index (κ1) is 26.0. The second kappa shape index (κ2) is 11.3. The highest BCUT2D eigenvalue weighted by atomic mass is 19.4. The Morgan fingerprint density at radius 3 is 2.42 bits per heavy atom. The van der Waals surface area contributed by atoms with Crippen LogP contribution >= 0.6 is 0 Å². The van der Waals surface area contributed by atoms with Gasteiger partial charge in [0.2, 0.25) is 11.5 Å². The summed E-state index contributed by atoms with van der Waals surface area (Å²) in [6.45, 7) is 4.75. The lowest BCUT2D eigenvalue weighted by Gasteiger charge is -2.32. The summed E-state index contributed by atoms with van der Waals surface area (Å²) in [6, 6.07) is 3.31. The monoisotopic (exact) mass is 508 g/mol. The third kappa shape index (κ3) is 6.36. The number of nitrogens with zero attached hydrogens (tertiary/aromatic N) is 4. The summed E-state index contributed by atoms with van der Waals surface area (Å²) in [5, 5.41) is 0. The highest BCUT2D eigenvalue weighted by Crippen LogP contribution is 2.35. The fourth-order valence-corrected chi connectivity index (χ4v) is 4.71. The van der Waals surface area contributed by atoms with Crippen LogP contribution in [0.4, 0.5) is 25.0 Å². The van der Waals surface area contributed by atoms with E-state index in [0.717, 1.165) is 51.0 Å². The third-order valence-electron chi connectivity index (χ3n) is 6.64. The van der Waals surface area contributed by atoms with Crippen LogP contribution in [0.1, 0.15) is 67.3 Å². The van der Waals surface area contributed by atoms with E-state index >= 15 is 0 Å². The van der Waals surface area contributed by atoms with E-state index in [-0.39, 0.29) is 24.3 Å². The van der Waals surface area contributed by atoms with E-state index in [1.54, 1.807) is 24.0 Å². The molecule has 0 radical (unpaired) electrons. The second-order valence-corrected chi connectivity index (χ2v) is 9.28. The van der Waals surface area contributed by atoms with Crippen LogP contribution in [0.2, 0.25) is 0 Å². The van der Waals surface area contributed by atoms with Gasteiger partial charge in [0, 0.05) is 45.2 Å². The number of piperidine rings is 2. The Hall–Kier alpha value is -3.11. The number of pyridine rings is 1. The Morgan fingerprint density at radius 1 is 1.08 bits per heavy atom. The van der Waals surface area contributed by atoms with Crippen LogP contribution in [-0.2, 0) is 22.1 Å². The molecule has 0 bridgehead atoms. The van der Waals surface area contributed by atoms with Gasteiger partial charge in [-0.2, -0.15) is 18.2 Å². The highest BCUT2D eigenvalue weighted by molar-refractivity contribution is 5.96. The molecule has 0 unspecified atom stereocenters. The molecule has 0 aliphatic carbocycles. The van der Waals surface area contributed by atoms with Crippen molar-refractivity contribution in [2.24, 2.45) is 5.92 Å². The Labute approximate surface area is 207 Å². The number of Topliss-reactive ketones (excluding diaryl/α,β-unsaturated/α-hetero) is 1. The van der Waals surface area contributed by atoms with E-state index in [9.17, 15) is 22.8 Å². The normalized spacial score (nSPS) is 17.3. The van der Waals surface area contributed by atoms with Gasteiger partial charge in [0.1, 0.15) is 5.82 Å². The summed E-state index contributed by atoms with van der Waals surface area (Å²) < 4.78 is 51.2. The Balaban J connectivity index is 1.38. The van der Waals surface area contributed by atoms with Crippen molar-refractivity contribution in [1.29, 1.82) is 0 Å². The van der Waals surface area contributed by atoms with E-state index in [4.69, 9.17) is 9.15 Å². The minimum atomic E-state index is -4.79. The number of carbonyl (C=O) groups is 2. The molecule has 0 aromatic carbocycles. The van der Waals surface area contributed by atoms with Crippen LogP contribution in [0.5, 0.6) is 0 Å². The number of alkyl halides is 3. The van der Waals surface area contributed by atoms with Crippen molar-refractivity contribution in [3.8, 4) is 0 Å². The van der Waals surface area contributed by atoms with Crippen molar-refractivity contribution >= 4 is 23.6 Å². The van der Waals surface area contributed by atoms with Gasteiger partial charge in [-0.1, -0.05) is 6.07 Å². The molecular weight excluding hydrogens is 477 g/mol. The molecule has 2 fully saturated rings. The first-order valence-electron chi connectivity index (χ1n) is 12.5. The predicted octanol–water partition coefficient (Wildman–Crippen LogP) is 4.67. The minimum absolute atomic E-state index is 0.148. The van der Waals surface area contributed by atoms with Crippen molar-refractivity contribution < 1.29 is 31.9 Å². The highest BCUT2D eigenvalue weighted by Gasteiger charge is 2.41. The number of hydrogen-bond acceptors (Lipinski definition) is 8. The van der Waals surface area contributed by atoms with Gasteiger partial charge in [-0.25, -0.2) is 4.98 Å². The van der Waals surface area contributed by atoms with Gasteiger partial charge in [-0.3, -0.25) is 9.59 Å². The molecule has 2 aliphatic rings. The maximum Gasteiger partial charge on any atom is 0.437 e. The maximum absolute atomic E-state index is 13.6. The Bertz CT molecular complexity index is 1040. The van der Waals surface area contributed by atoms with Crippen LogP contribution in [0.15, 0.2) is 22.7 Å². The summed E-state index contributed by atoms with van der Waals surface area (Å²) in [7, 11) is 0. The van der Waals surface area contributed by atoms with Crippen LogP contribution in [0.3, 0.4) is 0 Å². The van der Waals surface area contributed by atoms with Crippen LogP contribution in [0, 0.1) is 5.92 Å². The summed E-state index contributed by atoms with van der Waals surface area (Å²) in [6.07, 6.45) is 1.23. The van der Waals surface area contributed by atoms with Gasteiger partial charge in [0.05, 0.1) is 6.61 Å². The van der Waals surface area contributed by atoms with E-state index in [1.165, 1.54) is 6.20 Å². The first-order valence-corrected chi connectivity index (χ1v) is 12.5. The molecule has 4 rings (SSSR count). The van der Waals surface area contributed by atoms with Crippen molar-refractivity contribution in [2.45, 2.75) is 58.0 Å². The number of esters is 1. The Kier molecular flexibility index (Phi) is 8.15. The number of rotatable bonds is 8. The van der Waals surface area contributed by atoms with Crippen LogP contribution in [0.25, 0.3) is 0 Å². The molecule has 11 heteroatoms. The van der Waals surface area contributed by atoms with Crippen LogP contribution in [-0.4, -0.2) is 54.5 Å². The van der Waals surface area contributed by atoms with E-state index in [1.807, 2.05) is 0 Å². The fourth-order valence-electron chi connectivity index (χ4n) is 4.71. The summed E-state index contributed by atoms with van der Waals surface area (Å²) in [4.78, 5) is 36.3. The average Bonchev–Trinajstić information content (AvgIpc) is 3.33. The van der Waals surface area contributed by atoms with Gasteiger partial charge in [0.25, 0.3) is 6.01 Å². The molecule has 0 spiro atoms. The van der Waals surface area contributed by atoms with Gasteiger partial charge < -0.3 is 19.0 Å². The average molecular weight is 509 g/mol. The molecule has 196 valence electrons. The summed E-state index contributed by atoms with van der Waals surface area (Å²) in [5.41, 5.74) is -0.784. The van der Waals surface area contributed by atoms with Gasteiger partial charge >= 0.3 is 12.1 Å². The summed E-state index contributed by atoms with van der Waals surface area (Å²) in [5.74, 6) is -0.713. The number of halogens is 3. The van der Waals surface area contributed by atoms with E-state index in [0.29, 0.717) is 31.7 Å². The molecule has 0 atom stereocenters. The van der Waals surface area contributed by atoms with Crippen molar-refractivity contribution in [3.05, 3.63) is 35.3 Å². The lowest BCUT2D eigenvalue weighted by atomic mass is 9.93. The quantitative estimate of drug-likeness (QED) is 0.375. The van der Waals surface area contributed by atoms with E-state index < -0.39 is 23.4 Å². The number of ether oxygens (including phenoxy) is 1. The van der Waals surface area contributed by atoms with Gasteiger partial charge in [-0.15, -0.1) is 0 Å². The zero-order chi connectivity index (χ0) is 25.7. The molecule has 0 N–H and O–H groups in total. The summed E-state index contributed by atoms with van der Waals surface area (Å²) >= 11 is 0. The zero-order valence-corrected chi connectivity index (χ0v) is 20.4. The molecule has 0 amide bonds. The van der Waals surface area contributed by atoms with Gasteiger partial charge in [0.15, 0.2) is 5.69 Å². The molecule has 0 saturated carbocycles. The zero-order valence-electron chi connectivity index (χ0n) is 20.4. The third-order valence-corrected chi connectivity index (χ3v) is 6.64. The number of oxazole rings is 1. The number of anilines is 2. The number of carbonyl (C=O) groups excluding carboxylic acids is 2. The molecular formula is C25H31F3N4O4. The molecule has 2 aliphatic heterocycles. The maximum atomic E-state index is 13.6. The molecule has 2 aromatic heterocycles. The topological polar surface area (TPSA) is 88.8 Å². The van der Waals surface area contributed by atoms with Crippen LogP contribution < -0.4 is 9.80 Å². The lowest BCUT2D eigenvalue weighted by Crippen LogP contribution is -2.35. The smallest absolute Gasteiger partial charge is 0.437 e. The molecule has 4 heterocycles. The van der Waals surface area contributed by atoms with Gasteiger partial charge in [-0.05, 0) is 56.6 Å². The van der Waals surface area contributed by atoms with Crippen molar-refractivity contribution in [3.63, 3.8) is 0 Å². The Morgan fingerprint density at radius 2 is 1.81 bits per heavy atom. The molecule has 8 nitrogen and oxygen atoms in total.